The number of aryl methyl sites for hydroxylation is 1. The number of benzene rings is 3. The van der Waals surface area contributed by atoms with Crippen LogP contribution in [0.5, 0.6) is 0 Å². The quantitative estimate of drug-likeness (QED) is 0.280. The van der Waals surface area contributed by atoms with Gasteiger partial charge in [-0.3, -0.25) is 4.79 Å². The fourth-order valence-corrected chi connectivity index (χ4v) is 3.82. The third-order valence-corrected chi connectivity index (χ3v) is 5.50. The first-order valence-electron chi connectivity index (χ1n) is 9.69. The Kier molecular flexibility index (Phi) is 6.03. The molecule has 4 nitrogen and oxygen atoms in total. The molecule has 1 aromatic heterocycles. The SMILES string of the molecule is C/C(=N/NC(=O)c1cc(-c2ccc(C)cc2)nc2ccccc12)c1ccc(Cl)cc1Cl. The third-order valence-electron chi connectivity index (χ3n) is 4.95. The largest absolute Gasteiger partial charge is 0.272 e. The topological polar surface area (TPSA) is 54.4 Å². The summed E-state index contributed by atoms with van der Waals surface area (Å²) >= 11 is 12.2. The maximum Gasteiger partial charge on any atom is 0.272 e. The zero-order valence-corrected chi connectivity index (χ0v) is 18.5. The number of hydrogen-bond acceptors (Lipinski definition) is 3. The number of carbonyl (C=O) groups excluding carboxylic acids is 1. The van der Waals surface area contributed by atoms with Crippen molar-refractivity contribution in [2.24, 2.45) is 5.10 Å². The summed E-state index contributed by atoms with van der Waals surface area (Å²) in [6, 6.07) is 22.5. The van der Waals surface area contributed by atoms with E-state index in [1.54, 1.807) is 31.2 Å². The van der Waals surface area contributed by atoms with Crippen LogP contribution in [0.3, 0.4) is 0 Å². The van der Waals surface area contributed by atoms with Crippen LogP contribution in [0.2, 0.25) is 10.0 Å². The van der Waals surface area contributed by atoms with Crippen molar-refractivity contribution < 1.29 is 4.79 Å². The molecule has 1 heterocycles. The van der Waals surface area contributed by atoms with Crippen LogP contribution in [0.1, 0.15) is 28.4 Å². The van der Waals surface area contributed by atoms with Crippen LogP contribution in [0.4, 0.5) is 0 Å². The van der Waals surface area contributed by atoms with Crippen molar-refractivity contribution in [2.75, 3.05) is 0 Å². The molecule has 6 heteroatoms. The lowest BCUT2D eigenvalue weighted by atomic mass is 10.0. The number of carbonyl (C=O) groups is 1. The Morgan fingerprint density at radius 1 is 0.935 bits per heavy atom. The van der Waals surface area contributed by atoms with Crippen LogP contribution < -0.4 is 5.43 Å². The standard InChI is InChI=1S/C25H19Cl2N3O/c1-15-7-9-17(10-8-15)24-14-21(20-5-3-4-6-23(20)28-24)25(31)30-29-16(2)19-12-11-18(26)13-22(19)27/h3-14H,1-2H3,(H,30,31)/b29-16-. The smallest absolute Gasteiger partial charge is 0.267 e. The van der Waals surface area contributed by atoms with Crippen molar-refractivity contribution in [3.8, 4) is 11.3 Å². The van der Waals surface area contributed by atoms with Crippen LogP contribution in [-0.4, -0.2) is 16.6 Å². The molecule has 1 amide bonds. The molecule has 0 saturated heterocycles. The maximum atomic E-state index is 13.1. The average Bonchev–Trinajstić information content (AvgIpc) is 2.77. The Hall–Kier alpha value is -3.21. The summed E-state index contributed by atoms with van der Waals surface area (Å²) in [5.41, 5.74) is 8.00. The molecule has 0 atom stereocenters. The Morgan fingerprint density at radius 2 is 1.68 bits per heavy atom. The summed E-state index contributed by atoms with van der Waals surface area (Å²) in [4.78, 5) is 17.8. The Bertz CT molecular complexity index is 1310. The molecule has 31 heavy (non-hydrogen) atoms. The zero-order valence-electron chi connectivity index (χ0n) is 17.0. The summed E-state index contributed by atoms with van der Waals surface area (Å²) in [6.45, 7) is 3.81. The van der Waals surface area contributed by atoms with Crippen LogP contribution in [-0.2, 0) is 0 Å². The molecule has 0 aliphatic heterocycles. The molecular weight excluding hydrogens is 429 g/mol. The van der Waals surface area contributed by atoms with Crippen molar-refractivity contribution in [1.29, 1.82) is 0 Å². The molecule has 0 saturated carbocycles. The van der Waals surface area contributed by atoms with Gasteiger partial charge in [0.25, 0.3) is 5.91 Å². The average molecular weight is 448 g/mol. The maximum absolute atomic E-state index is 13.1. The van der Waals surface area contributed by atoms with Crippen molar-refractivity contribution in [3.63, 3.8) is 0 Å². The highest BCUT2D eigenvalue weighted by Gasteiger charge is 2.14. The number of rotatable bonds is 4. The van der Waals surface area contributed by atoms with E-state index < -0.39 is 0 Å². The normalized spacial score (nSPS) is 11.5. The Morgan fingerprint density at radius 3 is 2.42 bits per heavy atom. The monoisotopic (exact) mass is 447 g/mol. The van der Waals surface area contributed by atoms with Crippen LogP contribution in [0, 0.1) is 6.92 Å². The molecule has 1 N–H and O–H groups in total. The van der Waals surface area contributed by atoms with Gasteiger partial charge in [-0.15, -0.1) is 0 Å². The first-order chi connectivity index (χ1) is 14.9. The van der Waals surface area contributed by atoms with E-state index in [1.165, 1.54) is 0 Å². The summed E-state index contributed by atoms with van der Waals surface area (Å²) in [7, 11) is 0. The van der Waals surface area contributed by atoms with Gasteiger partial charge in [0.15, 0.2) is 0 Å². The predicted molar refractivity (Wildman–Crippen MR) is 128 cm³/mol. The van der Waals surface area contributed by atoms with Crippen molar-refractivity contribution in [3.05, 3.63) is 99.5 Å². The minimum atomic E-state index is -0.323. The van der Waals surface area contributed by atoms with E-state index in [2.05, 4.69) is 10.5 Å². The first-order valence-corrected chi connectivity index (χ1v) is 10.4. The van der Waals surface area contributed by atoms with Gasteiger partial charge in [-0.2, -0.15) is 5.10 Å². The molecule has 0 unspecified atom stereocenters. The number of para-hydroxylation sites is 1. The summed E-state index contributed by atoms with van der Waals surface area (Å²) < 4.78 is 0. The highest BCUT2D eigenvalue weighted by molar-refractivity contribution is 6.37. The van der Waals surface area contributed by atoms with E-state index >= 15 is 0 Å². The second kappa shape index (κ2) is 8.88. The van der Waals surface area contributed by atoms with E-state index in [9.17, 15) is 4.79 Å². The molecule has 0 radical (unpaired) electrons. The van der Waals surface area contributed by atoms with E-state index in [1.807, 2.05) is 55.5 Å². The molecule has 4 aromatic rings. The van der Waals surface area contributed by atoms with E-state index in [-0.39, 0.29) is 5.91 Å². The molecular formula is C25H19Cl2N3O. The highest BCUT2D eigenvalue weighted by Crippen LogP contribution is 2.25. The number of fused-ring (bicyclic) bond motifs is 1. The van der Waals surface area contributed by atoms with Gasteiger partial charge >= 0.3 is 0 Å². The van der Waals surface area contributed by atoms with Gasteiger partial charge < -0.3 is 0 Å². The molecule has 0 aliphatic rings. The van der Waals surface area contributed by atoms with E-state index in [0.29, 0.717) is 26.9 Å². The molecule has 154 valence electrons. The molecule has 0 spiro atoms. The van der Waals surface area contributed by atoms with Crippen LogP contribution >= 0.6 is 23.2 Å². The lowest BCUT2D eigenvalue weighted by Gasteiger charge is -2.10. The molecule has 0 aliphatic carbocycles. The number of amides is 1. The second-order valence-corrected chi connectivity index (χ2v) is 8.04. The van der Waals surface area contributed by atoms with Gasteiger partial charge in [0.1, 0.15) is 0 Å². The lowest BCUT2D eigenvalue weighted by Crippen LogP contribution is -2.20. The van der Waals surface area contributed by atoms with Gasteiger partial charge in [-0.1, -0.05) is 77.3 Å². The fraction of sp³-hybridized carbons (Fsp3) is 0.0800. The second-order valence-electron chi connectivity index (χ2n) is 7.20. The van der Waals surface area contributed by atoms with Crippen molar-refractivity contribution in [2.45, 2.75) is 13.8 Å². The van der Waals surface area contributed by atoms with Gasteiger partial charge in [-0.25, -0.2) is 10.4 Å². The van der Waals surface area contributed by atoms with Crippen LogP contribution in [0.15, 0.2) is 77.9 Å². The van der Waals surface area contributed by atoms with Gasteiger partial charge in [0.2, 0.25) is 0 Å². The van der Waals surface area contributed by atoms with Gasteiger partial charge in [0, 0.05) is 21.5 Å². The minimum Gasteiger partial charge on any atom is -0.267 e. The Balaban J connectivity index is 1.70. The molecule has 4 rings (SSSR count). The summed E-state index contributed by atoms with van der Waals surface area (Å²) in [5, 5.41) is 6.02. The van der Waals surface area contributed by atoms with E-state index in [0.717, 1.165) is 27.7 Å². The number of aromatic nitrogens is 1. The minimum absolute atomic E-state index is 0.323. The number of nitrogens with one attached hydrogen (secondary N) is 1. The number of hydrogen-bond donors (Lipinski definition) is 1. The number of hydrazone groups is 1. The fourth-order valence-electron chi connectivity index (χ4n) is 3.27. The number of pyridine rings is 1. The Labute approximate surface area is 190 Å². The number of halogens is 2. The lowest BCUT2D eigenvalue weighted by molar-refractivity contribution is 0.0956. The first kappa shape index (κ1) is 21.0. The molecule has 0 bridgehead atoms. The van der Waals surface area contributed by atoms with Gasteiger partial charge in [-0.05, 0) is 38.1 Å². The predicted octanol–water partition coefficient (Wildman–Crippen LogP) is 6.67. The van der Waals surface area contributed by atoms with Gasteiger partial charge in [0.05, 0.1) is 27.5 Å². The molecule has 0 fully saturated rings. The third kappa shape index (κ3) is 4.61. The zero-order chi connectivity index (χ0) is 22.0. The summed E-state index contributed by atoms with van der Waals surface area (Å²) in [5.74, 6) is -0.323. The van der Waals surface area contributed by atoms with Crippen molar-refractivity contribution >= 4 is 45.7 Å². The van der Waals surface area contributed by atoms with Crippen molar-refractivity contribution in [1.82, 2.24) is 10.4 Å². The van der Waals surface area contributed by atoms with E-state index in [4.69, 9.17) is 28.2 Å². The number of nitrogens with zero attached hydrogens (tertiary/aromatic N) is 2. The summed E-state index contributed by atoms with van der Waals surface area (Å²) in [6.07, 6.45) is 0. The highest BCUT2D eigenvalue weighted by atomic mass is 35.5. The molecule has 3 aromatic carbocycles. The van der Waals surface area contributed by atoms with Crippen LogP contribution in [0.25, 0.3) is 22.2 Å².